The number of nitrogens with one attached hydrogen (secondary N) is 1. The zero-order valence-corrected chi connectivity index (χ0v) is 17.1. The molecule has 1 fully saturated rings. The second-order valence-corrected chi connectivity index (χ2v) is 7.84. The largest absolute Gasteiger partial charge is 0.384 e. The number of hydrogen-bond acceptors (Lipinski definition) is 5. The first kappa shape index (κ1) is 20.4. The van der Waals surface area contributed by atoms with E-state index in [2.05, 4.69) is 15.1 Å². The summed E-state index contributed by atoms with van der Waals surface area (Å²) in [4.78, 5) is 17.3. The predicted octanol–water partition coefficient (Wildman–Crippen LogP) is 4.01. The Morgan fingerprint density at radius 1 is 1.33 bits per heavy atom. The van der Waals surface area contributed by atoms with Gasteiger partial charge < -0.3 is 20.7 Å². The number of carbonyl (C=O) groups is 1. The van der Waals surface area contributed by atoms with Crippen molar-refractivity contribution in [2.45, 2.75) is 32.2 Å². The molecule has 4 rings (SSSR count). The van der Waals surface area contributed by atoms with E-state index in [9.17, 15) is 9.18 Å². The van der Waals surface area contributed by atoms with E-state index in [1.807, 2.05) is 31.2 Å². The summed E-state index contributed by atoms with van der Waals surface area (Å²) in [7, 11) is 1.63. The van der Waals surface area contributed by atoms with E-state index >= 15 is 0 Å². The number of carbonyl (C=O) groups excluding carboxylic acids is 1. The van der Waals surface area contributed by atoms with Crippen LogP contribution in [0, 0.1) is 12.7 Å². The van der Waals surface area contributed by atoms with Crippen molar-refractivity contribution in [3.63, 3.8) is 0 Å². The van der Waals surface area contributed by atoms with Crippen LogP contribution in [0.25, 0.3) is 21.9 Å². The highest BCUT2D eigenvalue weighted by atomic mass is 19.1. The topological polar surface area (TPSA) is 71.2 Å². The number of rotatable bonds is 6. The average molecular weight is 403 g/mol. The maximum absolute atomic E-state index is 14.6. The van der Waals surface area contributed by atoms with Gasteiger partial charge in [-0.3, -0.25) is 0 Å². The van der Waals surface area contributed by atoms with Gasteiger partial charge in [0.1, 0.15) is 11.6 Å². The first-order chi connectivity index (χ1) is 14.6. The molecular formula is C23H25BFN4O. The van der Waals surface area contributed by atoms with Crippen molar-refractivity contribution >= 4 is 35.9 Å². The maximum atomic E-state index is 14.6. The zero-order valence-electron chi connectivity index (χ0n) is 17.1. The van der Waals surface area contributed by atoms with Crippen molar-refractivity contribution in [3.05, 3.63) is 54.0 Å². The van der Waals surface area contributed by atoms with Crippen LogP contribution < -0.4 is 11.1 Å². The molecule has 0 amide bonds. The number of anilines is 2. The number of piperidine rings is 1. The number of aryl methyl sites for hydroxylation is 1. The Balaban J connectivity index is 1.72. The van der Waals surface area contributed by atoms with Crippen molar-refractivity contribution < 1.29 is 9.18 Å². The number of nitrogens with two attached hydrogens (primary N) is 1. The van der Waals surface area contributed by atoms with Crippen LogP contribution in [0.3, 0.4) is 0 Å². The van der Waals surface area contributed by atoms with Gasteiger partial charge in [0, 0.05) is 40.8 Å². The number of halogens is 1. The van der Waals surface area contributed by atoms with E-state index in [1.165, 1.54) is 6.07 Å². The highest BCUT2D eigenvalue weighted by molar-refractivity contribution is 6.64. The molecule has 0 aliphatic carbocycles. The van der Waals surface area contributed by atoms with E-state index in [1.54, 1.807) is 19.7 Å². The van der Waals surface area contributed by atoms with Gasteiger partial charge in [0.15, 0.2) is 0 Å². The lowest BCUT2D eigenvalue weighted by Gasteiger charge is -2.34. The third-order valence-electron chi connectivity index (χ3n) is 5.82. The molecule has 1 aromatic heterocycles. The molecule has 5 nitrogen and oxygen atoms in total. The van der Waals surface area contributed by atoms with Crippen LogP contribution >= 0.6 is 0 Å². The molecular weight excluding hydrogens is 378 g/mol. The predicted molar refractivity (Wildman–Crippen MR) is 122 cm³/mol. The standard InChI is InChI=1S/C23H25BFN4O/c1-15-5-4-7-20(25)23(15)16-9-17-12-28-22(26)11-19(17)21(10-16)27-13-18-6-2-3-8-29(18)24-14-30/h4-5,7,9-12,14,18,27H,2-3,6,8,13H2,1H3,(H2,26,28)/t18-/m1/s1. The molecule has 1 aliphatic rings. The van der Waals surface area contributed by atoms with Crippen LogP contribution in [0.5, 0.6) is 0 Å². The summed E-state index contributed by atoms with van der Waals surface area (Å²) in [6.45, 7) is 3.48. The summed E-state index contributed by atoms with van der Waals surface area (Å²) >= 11 is 0. The quantitative estimate of drug-likeness (QED) is 0.481. The summed E-state index contributed by atoms with van der Waals surface area (Å²) in [5.41, 5.74) is 9.09. The second-order valence-electron chi connectivity index (χ2n) is 7.84. The SMILES string of the molecule is Cc1cccc(F)c1-c1cc(NC[C@H]2CCCCN2[B]C=O)c2cc(N)ncc2c1. The monoisotopic (exact) mass is 403 g/mol. The van der Waals surface area contributed by atoms with Crippen molar-refractivity contribution in [3.8, 4) is 11.1 Å². The van der Waals surface area contributed by atoms with Gasteiger partial charge in [0.05, 0.1) is 6.19 Å². The van der Waals surface area contributed by atoms with Gasteiger partial charge in [-0.05, 0) is 61.7 Å². The Kier molecular flexibility index (Phi) is 5.99. The molecule has 2 aromatic carbocycles. The Morgan fingerprint density at radius 3 is 3.00 bits per heavy atom. The van der Waals surface area contributed by atoms with Crippen molar-refractivity contribution in [2.24, 2.45) is 0 Å². The van der Waals surface area contributed by atoms with Gasteiger partial charge in [0.2, 0.25) is 0 Å². The van der Waals surface area contributed by atoms with Gasteiger partial charge in [-0.15, -0.1) is 0 Å². The molecule has 153 valence electrons. The lowest BCUT2D eigenvalue weighted by Crippen LogP contribution is -2.46. The van der Waals surface area contributed by atoms with Gasteiger partial charge in [0.25, 0.3) is 7.41 Å². The van der Waals surface area contributed by atoms with Crippen molar-refractivity contribution in [2.75, 3.05) is 24.1 Å². The average Bonchev–Trinajstić information content (AvgIpc) is 2.73. The summed E-state index contributed by atoms with van der Waals surface area (Å²) in [5.74, 6) is 0.191. The fourth-order valence-electron chi connectivity index (χ4n) is 4.31. The van der Waals surface area contributed by atoms with Crippen LogP contribution in [-0.4, -0.2) is 42.5 Å². The van der Waals surface area contributed by atoms with Crippen molar-refractivity contribution in [1.82, 2.24) is 9.79 Å². The Bertz CT molecular complexity index is 1050. The molecule has 0 spiro atoms. The summed E-state index contributed by atoms with van der Waals surface area (Å²) in [6.07, 6.45) is 5.82. The first-order valence-electron chi connectivity index (χ1n) is 10.3. The van der Waals surface area contributed by atoms with E-state index in [0.29, 0.717) is 17.9 Å². The van der Waals surface area contributed by atoms with Gasteiger partial charge in [-0.1, -0.05) is 18.6 Å². The van der Waals surface area contributed by atoms with E-state index in [0.717, 1.165) is 59.6 Å². The minimum atomic E-state index is -0.247. The lowest BCUT2D eigenvalue weighted by molar-refractivity contribution is 0.269. The number of fused-ring (bicyclic) bond motifs is 1. The lowest BCUT2D eigenvalue weighted by atomic mass is 9.86. The smallest absolute Gasteiger partial charge is 0.293 e. The van der Waals surface area contributed by atoms with Gasteiger partial charge in [-0.25, -0.2) is 9.37 Å². The molecule has 0 bridgehead atoms. The molecule has 1 atom stereocenters. The molecule has 2 heterocycles. The Morgan fingerprint density at radius 2 is 2.20 bits per heavy atom. The van der Waals surface area contributed by atoms with Crippen LogP contribution in [-0.2, 0) is 4.79 Å². The Hall–Kier alpha value is -2.93. The molecule has 0 unspecified atom stereocenters. The van der Waals surface area contributed by atoms with E-state index in [4.69, 9.17) is 5.73 Å². The fraction of sp³-hybridized carbons (Fsp3) is 0.304. The molecule has 3 aromatic rings. The van der Waals surface area contributed by atoms with Crippen molar-refractivity contribution in [1.29, 1.82) is 0 Å². The Labute approximate surface area is 176 Å². The van der Waals surface area contributed by atoms with Gasteiger partial charge >= 0.3 is 0 Å². The summed E-state index contributed by atoms with van der Waals surface area (Å²) in [5, 5.41) is 5.38. The minimum absolute atomic E-state index is 0.233. The van der Waals surface area contributed by atoms with E-state index < -0.39 is 0 Å². The van der Waals surface area contributed by atoms with Crippen LogP contribution in [0.4, 0.5) is 15.9 Å². The first-order valence-corrected chi connectivity index (χ1v) is 10.3. The molecule has 30 heavy (non-hydrogen) atoms. The number of benzene rings is 2. The molecule has 1 aliphatic heterocycles. The summed E-state index contributed by atoms with van der Waals surface area (Å²) < 4.78 is 14.6. The molecule has 0 saturated carbocycles. The third kappa shape index (κ3) is 4.16. The number of pyridine rings is 1. The number of nitrogens with zero attached hydrogens (tertiary/aromatic N) is 2. The molecule has 3 N–H and O–H groups in total. The van der Waals surface area contributed by atoms with E-state index in [-0.39, 0.29) is 11.9 Å². The molecule has 1 radical (unpaired) electrons. The van der Waals surface area contributed by atoms with Crippen LogP contribution in [0.15, 0.2) is 42.6 Å². The molecule has 7 heteroatoms. The number of aromatic nitrogens is 1. The fourth-order valence-corrected chi connectivity index (χ4v) is 4.31. The molecule has 1 saturated heterocycles. The maximum Gasteiger partial charge on any atom is 0.293 e. The number of nitrogen functional groups attached to an aromatic ring is 1. The third-order valence-corrected chi connectivity index (χ3v) is 5.82. The summed E-state index contributed by atoms with van der Waals surface area (Å²) in [6, 6.07) is 11.1. The number of hydrogen-bond donors (Lipinski definition) is 2. The van der Waals surface area contributed by atoms with Crippen LogP contribution in [0.2, 0.25) is 0 Å². The highest BCUT2D eigenvalue weighted by Crippen LogP contribution is 2.34. The zero-order chi connectivity index (χ0) is 21.1. The van der Waals surface area contributed by atoms with Gasteiger partial charge in [-0.2, -0.15) is 0 Å². The van der Waals surface area contributed by atoms with Crippen LogP contribution in [0.1, 0.15) is 24.8 Å². The highest BCUT2D eigenvalue weighted by Gasteiger charge is 2.22. The second kappa shape index (κ2) is 8.84. The normalized spacial score (nSPS) is 17.1. The minimum Gasteiger partial charge on any atom is -0.384 e.